The van der Waals surface area contributed by atoms with E-state index in [-0.39, 0.29) is 17.5 Å². The van der Waals surface area contributed by atoms with Crippen LogP contribution in [0.2, 0.25) is 0 Å². The van der Waals surface area contributed by atoms with Crippen molar-refractivity contribution >= 4 is 10.0 Å². The lowest BCUT2D eigenvalue weighted by Crippen LogP contribution is -2.34. The zero-order valence-electron chi connectivity index (χ0n) is 11.9. The van der Waals surface area contributed by atoms with E-state index in [4.69, 9.17) is 9.26 Å². The summed E-state index contributed by atoms with van der Waals surface area (Å²) in [5, 5.41) is 3.64. The summed E-state index contributed by atoms with van der Waals surface area (Å²) in [5.74, 6) is 1.53. The molecule has 0 unspecified atom stereocenters. The monoisotopic (exact) mass is 313 g/mol. The fraction of sp³-hybridized carbons (Fsp3) is 0.846. The molecule has 116 valence electrons. The largest absolute Gasteiger partial charge is 0.373 e. The van der Waals surface area contributed by atoms with Gasteiger partial charge in [0.2, 0.25) is 15.9 Å². The highest BCUT2D eigenvalue weighted by Crippen LogP contribution is 2.39. The maximum absolute atomic E-state index is 12.2. The van der Waals surface area contributed by atoms with Crippen molar-refractivity contribution in [2.45, 2.75) is 50.1 Å². The molecule has 21 heavy (non-hydrogen) atoms. The molecule has 3 atom stereocenters. The molecule has 1 aromatic rings. The summed E-state index contributed by atoms with van der Waals surface area (Å²) in [6.45, 7) is 2.89. The average molecular weight is 313 g/mol. The Kier molecular flexibility index (Phi) is 3.09. The molecule has 3 fully saturated rings. The number of nitrogens with zero attached hydrogens (tertiary/aromatic N) is 3. The Morgan fingerprint density at radius 1 is 1.33 bits per heavy atom. The molecule has 0 N–H and O–H groups in total. The van der Waals surface area contributed by atoms with Crippen molar-refractivity contribution in [3.8, 4) is 0 Å². The van der Waals surface area contributed by atoms with E-state index < -0.39 is 10.0 Å². The van der Waals surface area contributed by atoms with Crippen molar-refractivity contribution < 1.29 is 17.7 Å². The van der Waals surface area contributed by atoms with Crippen LogP contribution in [-0.2, 0) is 21.2 Å². The maximum atomic E-state index is 12.2. The van der Waals surface area contributed by atoms with E-state index in [0.717, 1.165) is 19.3 Å². The van der Waals surface area contributed by atoms with Crippen molar-refractivity contribution in [1.82, 2.24) is 14.4 Å². The number of rotatable bonds is 4. The summed E-state index contributed by atoms with van der Waals surface area (Å²) < 4.78 is 37.2. The minimum absolute atomic E-state index is 0.0209. The van der Waals surface area contributed by atoms with Crippen molar-refractivity contribution in [3.05, 3.63) is 11.7 Å². The Morgan fingerprint density at radius 2 is 2.14 bits per heavy atom. The quantitative estimate of drug-likeness (QED) is 0.805. The van der Waals surface area contributed by atoms with Gasteiger partial charge in [0.05, 0.1) is 23.9 Å². The number of ether oxygens (including phenoxy) is 1. The number of hydrogen-bond acceptors (Lipinski definition) is 6. The molecular weight excluding hydrogens is 294 g/mol. The van der Waals surface area contributed by atoms with Gasteiger partial charge in [-0.15, -0.1) is 0 Å². The van der Waals surface area contributed by atoms with Crippen LogP contribution in [0.4, 0.5) is 0 Å². The van der Waals surface area contributed by atoms with Crippen LogP contribution in [0.15, 0.2) is 4.52 Å². The van der Waals surface area contributed by atoms with Gasteiger partial charge in [0, 0.05) is 19.0 Å². The average Bonchev–Trinajstić information content (AvgIpc) is 2.95. The summed E-state index contributed by atoms with van der Waals surface area (Å²) in [6, 6.07) is 0. The zero-order valence-corrected chi connectivity index (χ0v) is 12.8. The highest BCUT2D eigenvalue weighted by Gasteiger charge is 2.49. The molecule has 1 saturated carbocycles. The Labute approximate surface area is 123 Å². The summed E-state index contributed by atoms with van der Waals surface area (Å²) in [4.78, 5) is 4.19. The predicted octanol–water partition coefficient (Wildman–Crippen LogP) is 0.502. The molecule has 3 heterocycles. The molecule has 2 saturated heterocycles. The standard InChI is InChI=1S/C13H19N3O4S/c1-8-14-13(20-15-8)5-10-4-9-6-16(7-12(9)19-10)21(17,18)11-2-3-11/h9-12H,2-7H2,1H3/t9-,10+,12+/m0/s1. The Morgan fingerprint density at radius 3 is 2.76 bits per heavy atom. The first-order valence-electron chi connectivity index (χ1n) is 7.46. The van der Waals surface area contributed by atoms with E-state index in [1.165, 1.54) is 0 Å². The van der Waals surface area contributed by atoms with Crippen molar-refractivity contribution in [1.29, 1.82) is 0 Å². The van der Waals surface area contributed by atoms with E-state index in [1.807, 2.05) is 0 Å². The van der Waals surface area contributed by atoms with Crippen LogP contribution in [0.1, 0.15) is 31.0 Å². The molecule has 4 rings (SSSR count). The van der Waals surface area contributed by atoms with Crippen LogP contribution < -0.4 is 0 Å². The number of fused-ring (bicyclic) bond motifs is 1. The van der Waals surface area contributed by atoms with Gasteiger partial charge in [-0.05, 0) is 26.2 Å². The second kappa shape index (κ2) is 4.76. The molecule has 0 aromatic carbocycles. The lowest BCUT2D eigenvalue weighted by atomic mass is 10.0. The van der Waals surface area contributed by atoms with Gasteiger partial charge >= 0.3 is 0 Å². The molecule has 7 nitrogen and oxygen atoms in total. The molecule has 0 spiro atoms. The SMILES string of the molecule is Cc1noc(C[C@H]2C[C@H]3CN(S(=O)(=O)C4CC4)C[C@H]3O2)n1. The van der Waals surface area contributed by atoms with Gasteiger partial charge in [-0.3, -0.25) is 0 Å². The molecule has 1 aromatic heterocycles. The van der Waals surface area contributed by atoms with Gasteiger partial charge in [0.15, 0.2) is 5.82 Å². The number of sulfonamides is 1. The minimum atomic E-state index is -3.07. The third-order valence-electron chi connectivity index (χ3n) is 4.56. The van der Waals surface area contributed by atoms with Gasteiger partial charge in [-0.2, -0.15) is 9.29 Å². The van der Waals surface area contributed by atoms with Crippen LogP contribution in [0.3, 0.4) is 0 Å². The van der Waals surface area contributed by atoms with Crippen LogP contribution >= 0.6 is 0 Å². The molecule has 3 aliphatic rings. The zero-order chi connectivity index (χ0) is 14.6. The number of aromatic nitrogens is 2. The van der Waals surface area contributed by atoms with Crippen molar-refractivity contribution in [2.24, 2.45) is 5.92 Å². The minimum Gasteiger partial charge on any atom is -0.373 e. The molecule has 2 aliphatic heterocycles. The second-order valence-corrected chi connectivity index (χ2v) is 8.51. The Hall–Kier alpha value is -0.990. The Balaban J connectivity index is 1.37. The van der Waals surface area contributed by atoms with Gasteiger partial charge < -0.3 is 9.26 Å². The fourth-order valence-corrected chi connectivity index (χ4v) is 5.27. The first kappa shape index (κ1) is 13.7. The predicted molar refractivity (Wildman–Crippen MR) is 73.0 cm³/mol. The highest BCUT2D eigenvalue weighted by atomic mass is 32.2. The van der Waals surface area contributed by atoms with Crippen LogP contribution in [0, 0.1) is 12.8 Å². The van der Waals surface area contributed by atoms with Gasteiger partial charge in [0.25, 0.3) is 0 Å². The summed E-state index contributed by atoms with van der Waals surface area (Å²) in [6.07, 6.45) is 3.19. The van der Waals surface area contributed by atoms with E-state index in [1.54, 1.807) is 11.2 Å². The lowest BCUT2D eigenvalue weighted by molar-refractivity contribution is 0.0400. The smallest absolute Gasteiger partial charge is 0.229 e. The summed E-state index contributed by atoms with van der Waals surface area (Å²) >= 11 is 0. The third-order valence-corrected chi connectivity index (χ3v) is 6.89. The number of aryl methyl sites for hydroxylation is 1. The summed E-state index contributed by atoms with van der Waals surface area (Å²) in [7, 11) is -3.07. The Bertz CT molecular complexity index is 626. The number of hydrogen-bond donors (Lipinski definition) is 0. The third kappa shape index (κ3) is 2.49. The maximum Gasteiger partial charge on any atom is 0.229 e. The van der Waals surface area contributed by atoms with Crippen molar-refractivity contribution in [2.75, 3.05) is 13.1 Å². The normalized spacial score (nSPS) is 33.5. The van der Waals surface area contributed by atoms with E-state index >= 15 is 0 Å². The second-order valence-electron chi connectivity index (χ2n) is 6.29. The first-order chi connectivity index (χ1) is 10.0. The summed E-state index contributed by atoms with van der Waals surface area (Å²) in [5.41, 5.74) is 0. The van der Waals surface area contributed by atoms with E-state index in [0.29, 0.717) is 37.1 Å². The highest BCUT2D eigenvalue weighted by molar-refractivity contribution is 7.90. The fourth-order valence-electron chi connectivity index (χ4n) is 3.36. The molecule has 8 heteroatoms. The molecule has 0 bridgehead atoms. The first-order valence-corrected chi connectivity index (χ1v) is 8.96. The van der Waals surface area contributed by atoms with Crippen molar-refractivity contribution in [3.63, 3.8) is 0 Å². The van der Waals surface area contributed by atoms with Gasteiger partial charge in [-0.25, -0.2) is 8.42 Å². The lowest BCUT2D eigenvalue weighted by Gasteiger charge is -2.18. The molecule has 1 aliphatic carbocycles. The van der Waals surface area contributed by atoms with Crippen LogP contribution in [0.5, 0.6) is 0 Å². The van der Waals surface area contributed by atoms with Gasteiger partial charge in [0.1, 0.15) is 0 Å². The van der Waals surface area contributed by atoms with Gasteiger partial charge in [-0.1, -0.05) is 5.16 Å². The van der Waals surface area contributed by atoms with Crippen LogP contribution in [0.25, 0.3) is 0 Å². The van der Waals surface area contributed by atoms with Crippen LogP contribution in [-0.4, -0.2) is 53.4 Å². The molecular formula is C13H19N3O4S. The molecule has 0 amide bonds. The molecule has 0 radical (unpaired) electrons. The van der Waals surface area contributed by atoms with E-state index in [9.17, 15) is 8.42 Å². The van der Waals surface area contributed by atoms with E-state index in [2.05, 4.69) is 10.1 Å². The topological polar surface area (TPSA) is 85.5 Å².